The molecule has 4 heteroatoms. The summed E-state index contributed by atoms with van der Waals surface area (Å²) in [5.74, 6) is 0.858. The maximum absolute atomic E-state index is 6.08. The standard InChI is InChI=1S/C14H26N4/c1-12-4-6-14(11-15,7-5-12)17(2)9-13-8-16-18(3)10-13/h8,10,12H,4-7,9,11,15H2,1-3H3. The van der Waals surface area contributed by atoms with Gasteiger partial charge in [-0.3, -0.25) is 9.58 Å². The van der Waals surface area contributed by atoms with E-state index < -0.39 is 0 Å². The fraction of sp³-hybridized carbons (Fsp3) is 0.786. The lowest BCUT2D eigenvalue weighted by atomic mass is 9.76. The molecule has 2 N–H and O–H groups in total. The zero-order valence-corrected chi connectivity index (χ0v) is 11.9. The van der Waals surface area contributed by atoms with Crippen molar-refractivity contribution in [2.24, 2.45) is 18.7 Å². The fourth-order valence-corrected chi connectivity index (χ4v) is 3.04. The largest absolute Gasteiger partial charge is 0.329 e. The van der Waals surface area contributed by atoms with E-state index in [2.05, 4.69) is 30.2 Å². The van der Waals surface area contributed by atoms with Gasteiger partial charge in [-0.25, -0.2) is 0 Å². The number of rotatable bonds is 4. The maximum Gasteiger partial charge on any atom is 0.0534 e. The minimum atomic E-state index is 0.197. The summed E-state index contributed by atoms with van der Waals surface area (Å²) in [6.07, 6.45) is 9.09. The lowest BCUT2D eigenvalue weighted by Crippen LogP contribution is -2.53. The van der Waals surface area contributed by atoms with Crippen molar-refractivity contribution < 1.29 is 0 Å². The molecule has 1 aliphatic carbocycles. The molecule has 1 fully saturated rings. The highest BCUT2D eigenvalue weighted by Crippen LogP contribution is 2.35. The molecule has 0 bridgehead atoms. The molecule has 0 aromatic carbocycles. The Bertz CT molecular complexity index is 377. The summed E-state index contributed by atoms with van der Waals surface area (Å²) in [7, 11) is 4.17. The summed E-state index contributed by atoms with van der Waals surface area (Å²) in [5.41, 5.74) is 7.55. The number of aryl methyl sites for hydroxylation is 1. The molecule has 1 aromatic rings. The molecule has 102 valence electrons. The first-order valence-electron chi connectivity index (χ1n) is 6.94. The van der Waals surface area contributed by atoms with Gasteiger partial charge in [-0.2, -0.15) is 5.10 Å². The van der Waals surface area contributed by atoms with E-state index in [-0.39, 0.29) is 5.54 Å². The van der Waals surface area contributed by atoms with E-state index in [0.29, 0.717) is 0 Å². The Labute approximate surface area is 110 Å². The second-order valence-electron chi connectivity index (χ2n) is 5.99. The van der Waals surface area contributed by atoms with Crippen LogP contribution in [0.1, 0.15) is 38.2 Å². The summed E-state index contributed by atoms with van der Waals surface area (Å²) < 4.78 is 1.86. The van der Waals surface area contributed by atoms with Gasteiger partial charge in [-0.05, 0) is 38.6 Å². The van der Waals surface area contributed by atoms with E-state index in [1.54, 1.807) is 0 Å². The predicted octanol–water partition coefficient (Wildman–Crippen LogP) is 1.76. The monoisotopic (exact) mass is 250 g/mol. The lowest BCUT2D eigenvalue weighted by molar-refractivity contribution is 0.0616. The van der Waals surface area contributed by atoms with Crippen LogP contribution in [0.2, 0.25) is 0 Å². The minimum Gasteiger partial charge on any atom is -0.329 e. The van der Waals surface area contributed by atoms with Crippen LogP contribution in [-0.4, -0.2) is 33.8 Å². The Balaban J connectivity index is 2.03. The van der Waals surface area contributed by atoms with Crippen molar-refractivity contribution in [3.8, 4) is 0 Å². The molecule has 4 nitrogen and oxygen atoms in total. The molecular formula is C14H26N4. The van der Waals surface area contributed by atoms with Crippen molar-refractivity contribution in [3.05, 3.63) is 18.0 Å². The predicted molar refractivity (Wildman–Crippen MR) is 74.1 cm³/mol. The van der Waals surface area contributed by atoms with Crippen LogP contribution in [0.25, 0.3) is 0 Å². The van der Waals surface area contributed by atoms with E-state index in [9.17, 15) is 0 Å². The number of hydrogen-bond acceptors (Lipinski definition) is 3. The second kappa shape index (κ2) is 5.41. The van der Waals surface area contributed by atoms with Gasteiger partial charge >= 0.3 is 0 Å². The highest BCUT2D eigenvalue weighted by atomic mass is 15.2. The molecule has 0 aliphatic heterocycles. The minimum absolute atomic E-state index is 0.197. The van der Waals surface area contributed by atoms with Crippen molar-refractivity contribution in [2.45, 2.75) is 44.7 Å². The van der Waals surface area contributed by atoms with Gasteiger partial charge in [0.25, 0.3) is 0 Å². The van der Waals surface area contributed by atoms with Crippen molar-refractivity contribution in [2.75, 3.05) is 13.6 Å². The number of likely N-dealkylation sites (N-methyl/N-ethyl adjacent to an activating group) is 1. The van der Waals surface area contributed by atoms with Crippen LogP contribution in [0.4, 0.5) is 0 Å². The van der Waals surface area contributed by atoms with Crippen LogP contribution in [0, 0.1) is 5.92 Å². The molecular weight excluding hydrogens is 224 g/mol. The zero-order chi connectivity index (χ0) is 13.2. The van der Waals surface area contributed by atoms with Gasteiger partial charge in [-0.1, -0.05) is 6.92 Å². The summed E-state index contributed by atoms with van der Waals surface area (Å²) >= 11 is 0. The highest BCUT2D eigenvalue weighted by Gasteiger charge is 2.36. The third kappa shape index (κ3) is 2.75. The van der Waals surface area contributed by atoms with Crippen LogP contribution in [0.3, 0.4) is 0 Å². The van der Waals surface area contributed by atoms with Crippen LogP contribution in [0.5, 0.6) is 0 Å². The number of aromatic nitrogens is 2. The summed E-state index contributed by atoms with van der Waals surface area (Å²) in [6.45, 7) is 4.05. The number of nitrogens with two attached hydrogens (primary N) is 1. The van der Waals surface area contributed by atoms with Crippen LogP contribution in [0.15, 0.2) is 12.4 Å². The van der Waals surface area contributed by atoms with Crippen LogP contribution < -0.4 is 5.73 Å². The van der Waals surface area contributed by atoms with Gasteiger partial charge < -0.3 is 5.73 Å². The SMILES string of the molecule is CC1CCC(CN)(N(C)Cc2cnn(C)c2)CC1. The normalized spacial score (nSPS) is 28.8. The average Bonchev–Trinajstić information content (AvgIpc) is 2.76. The van der Waals surface area contributed by atoms with Gasteiger partial charge in [0.1, 0.15) is 0 Å². The van der Waals surface area contributed by atoms with Gasteiger partial charge in [-0.15, -0.1) is 0 Å². The molecule has 0 saturated heterocycles. The van der Waals surface area contributed by atoms with Gasteiger partial charge in [0.05, 0.1) is 6.20 Å². The molecule has 0 spiro atoms. The van der Waals surface area contributed by atoms with E-state index in [4.69, 9.17) is 5.73 Å². The molecule has 0 atom stereocenters. The van der Waals surface area contributed by atoms with E-state index in [1.165, 1.54) is 31.2 Å². The van der Waals surface area contributed by atoms with E-state index in [1.807, 2.05) is 17.9 Å². The summed E-state index contributed by atoms with van der Waals surface area (Å²) in [4.78, 5) is 2.44. The highest BCUT2D eigenvalue weighted by molar-refractivity contribution is 5.05. The first kappa shape index (κ1) is 13.6. The Hall–Kier alpha value is -0.870. The smallest absolute Gasteiger partial charge is 0.0534 e. The Morgan fingerprint density at radius 3 is 2.67 bits per heavy atom. The maximum atomic E-state index is 6.08. The van der Waals surface area contributed by atoms with Crippen LogP contribution in [-0.2, 0) is 13.6 Å². The summed E-state index contributed by atoms with van der Waals surface area (Å²) in [5, 5.41) is 4.23. The molecule has 0 amide bonds. The molecule has 1 aromatic heterocycles. The first-order chi connectivity index (χ1) is 8.55. The van der Waals surface area contributed by atoms with E-state index in [0.717, 1.165) is 19.0 Å². The van der Waals surface area contributed by atoms with Crippen molar-refractivity contribution in [1.29, 1.82) is 0 Å². The molecule has 0 radical (unpaired) electrons. The Morgan fingerprint density at radius 2 is 2.17 bits per heavy atom. The molecule has 1 saturated carbocycles. The molecule has 18 heavy (non-hydrogen) atoms. The second-order valence-corrected chi connectivity index (χ2v) is 5.99. The zero-order valence-electron chi connectivity index (χ0n) is 11.9. The Kier molecular flexibility index (Phi) is 4.07. The third-order valence-corrected chi connectivity index (χ3v) is 4.57. The van der Waals surface area contributed by atoms with Crippen LogP contribution >= 0.6 is 0 Å². The van der Waals surface area contributed by atoms with Gasteiger partial charge in [0.15, 0.2) is 0 Å². The van der Waals surface area contributed by atoms with Gasteiger partial charge in [0, 0.05) is 37.4 Å². The topological polar surface area (TPSA) is 47.1 Å². The van der Waals surface area contributed by atoms with E-state index >= 15 is 0 Å². The first-order valence-corrected chi connectivity index (χ1v) is 6.94. The molecule has 2 rings (SSSR count). The molecule has 1 heterocycles. The van der Waals surface area contributed by atoms with Crippen molar-refractivity contribution >= 4 is 0 Å². The van der Waals surface area contributed by atoms with Crippen molar-refractivity contribution in [1.82, 2.24) is 14.7 Å². The number of hydrogen-bond donors (Lipinski definition) is 1. The summed E-state index contributed by atoms with van der Waals surface area (Å²) in [6, 6.07) is 0. The van der Waals surface area contributed by atoms with Crippen molar-refractivity contribution in [3.63, 3.8) is 0 Å². The molecule has 1 aliphatic rings. The average molecular weight is 250 g/mol. The quantitative estimate of drug-likeness (QED) is 0.886. The fourth-order valence-electron chi connectivity index (χ4n) is 3.04. The van der Waals surface area contributed by atoms with Gasteiger partial charge in [0.2, 0.25) is 0 Å². The lowest BCUT2D eigenvalue weighted by Gasteiger charge is -2.45. The number of nitrogens with zero attached hydrogens (tertiary/aromatic N) is 3. The Morgan fingerprint density at radius 1 is 1.50 bits per heavy atom. The molecule has 0 unspecified atom stereocenters. The third-order valence-electron chi connectivity index (χ3n) is 4.57.